The van der Waals surface area contributed by atoms with Gasteiger partial charge in [0, 0.05) is 6.42 Å². The fourth-order valence-electron chi connectivity index (χ4n) is 1.59. The average molecular weight is 272 g/mol. The van der Waals surface area contributed by atoms with Gasteiger partial charge in [-0.3, -0.25) is 4.79 Å². The minimum atomic E-state index is -0.885. The van der Waals surface area contributed by atoms with Gasteiger partial charge in [0.1, 0.15) is 0 Å². The number of carboxylic acid groups (broad SMARTS) is 1. The second-order valence-corrected chi connectivity index (χ2v) is 5.06. The van der Waals surface area contributed by atoms with E-state index in [0.29, 0.717) is 5.16 Å². The van der Waals surface area contributed by atoms with Crippen molar-refractivity contribution in [2.75, 3.05) is 11.6 Å². The second-order valence-electron chi connectivity index (χ2n) is 4.12. The molecule has 0 aliphatic heterocycles. The molecular formula is C11H20N4O2S. The van der Waals surface area contributed by atoms with Crippen LogP contribution in [0.2, 0.25) is 0 Å². The molecule has 0 unspecified atom stereocenters. The predicted octanol–water partition coefficient (Wildman–Crippen LogP) is 1.68. The number of aryl methyl sites for hydroxylation is 1. The summed E-state index contributed by atoms with van der Waals surface area (Å²) in [6.45, 7) is 2.18. The number of rotatable bonds is 9. The van der Waals surface area contributed by atoms with Gasteiger partial charge in [-0.15, -0.1) is 10.2 Å². The maximum Gasteiger partial charge on any atom is 0.313 e. The maximum absolute atomic E-state index is 10.4. The summed E-state index contributed by atoms with van der Waals surface area (Å²) in [7, 11) is 0. The molecule has 0 radical (unpaired) electrons. The molecule has 0 saturated heterocycles. The number of unbranched alkanes of at least 4 members (excludes halogenated alkanes) is 4. The van der Waals surface area contributed by atoms with Crippen molar-refractivity contribution in [3.8, 4) is 0 Å². The summed E-state index contributed by atoms with van der Waals surface area (Å²) in [5.41, 5.74) is 0. The molecular weight excluding hydrogens is 252 g/mol. The number of nitrogens with two attached hydrogens (primary N) is 1. The highest BCUT2D eigenvalue weighted by Gasteiger charge is 2.11. The van der Waals surface area contributed by atoms with Crippen molar-refractivity contribution >= 4 is 17.7 Å². The van der Waals surface area contributed by atoms with E-state index in [9.17, 15) is 4.79 Å². The lowest BCUT2D eigenvalue weighted by Crippen LogP contribution is -2.14. The van der Waals surface area contributed by atoms with Crippen LogP contribution in [-0.2, 0) is 11.2 Å². The number of hydrogen-bond acceptors (Lipinski definition) is 5. The number of nitrogen functional groups attached to an aromatic ring is 1. The van der Waals surface area contributed by atoms with E-state index >= 15 is 0 Å². The Bertz CT molecular complexity index is 381. The number of carbonyl (C=O) groups is 1. The second kappa shape index (κ2) is 7.97. The fraction of sp³-hybridized carbons (Fsp3) is 0.727. The van der Waals surface area contributed by atoms with Crippen LogP contribution < -0.4 is 5.84 Å². The Kier molecular flexibility index (Phi) is 6.56. The first kappa shape index (κ1) is 14.8. The van der Waals surface area contributed by atoms with Crippen LogP contribution in [0.25, 0.3) is 0 Å². The van der Waals surface area contributed by atoms with E-state index in [-0.39, 0.29) is 5.75 Å². The SMILES string of the molecule is CCCCCCCc1nnc(SCC(=O)O)n1N. The van der Waals surface area contributed by atoms with Gasteiger partial charge in [-0.05, 0) is 6.42 Å². The number of aromatic nitrogens is 3. The Morgan fingerprint density at radius 2 is 2.06 bits per heavy atom. The first-order valence-corrected chi connectivity index (χ1v) is 7.17. The van der Waals surface area contributed by atoms with Crippen LogP contribution in [-0.4, -0.2) is 31.7 Å². The quantitative estimate of drug-likeness (QED) is 0.403. The molecule has 1 aromatic heterocycles. The van der Waals surface area contributed by atoms with E-state index in [1.165, 1.54) is 23.9 Å². The highest BCUT2D eigenvalue weighted by Crippen LogP contribution is 2.15. The highest BCUT2D eigenvalue weighted by molar-refractivity contribution is 7.99. The third kappa shape index (κ3) is 4.95. The Hall–Kier alpha value is -1.24. The molecule has 3 N–H and O–H groups in total. The lowest BCUT2D eigenvalue weighted by atomic mass is 10.1. The van der Waals surface area contributed by atoms with Gasteiger partial charge in [-0.1, -0.05) is 44.4 Å². The van der Waals surface area contributed by atoms with Gasteiger partial charge in [0.25, 0.3) is 0 Å². The van der Waals surface area contributed by atoms with Gasteiger partial charge >= 0.3 is 5.97 Å². The molecule has 1 heterocycles. The number of thioether (sulfide) groups is 1. The van der Waals surface area contributed by atoms with Crippen molar-refractivity contribution in [2.45, 2.75) is 50.6 Å². The first-order valence-electron chi connectivity index (χ1n) is 6.19. The smallest absolute Gasteiger partial charge is 0.313 e. The zero-order chi connectivity index (χ0) is 13.4. The summed E-state index contributed by atoms with van der Waals surface area (Å²) in [4.78, 5) is 10.4. The summed E-state index contributed by atoms with van der Waals surface area (Å²) in [6, 6.07) is 0. The molecule has 6 nitrogen and oxygen atoms in total. The zero-order valence-electron chi connectivity index (χ0n) is 10.6. The van der Waals surface area contributed by atoms with Crippen molar-refractivity contribution in [3.05, 3.63) is 5.82 Å². The van der Waals surface area contributed by atoms with E-state index in [1.807, 2.05) is 0 Å². The molecule has 1 rings (SSSR count). The van der Waals surface area contributed by atoms with E-state index < -0.39 is 5.97 Å². The van der Waals surface area contributed by atoms with Gasteiger partial charge in [-0.25, -0.2) is 4.68 Å². The van der Waals surface area contributed by atoms with Crippen LogP contribution in [0.5, 0.6) is 0 Å². The largest absolute Gasteiger partial charge is 0.481 e. The molecule has 0 bridgehead atoms. The van der Waals surface area contributed by atoms with Crippen molar-refractivity contribution in [2.24, 2.45) is 0 Å². The van der Waals surface area contributed by atoms with Crippen molar-refractivity contribution in [1.29, 1.82) is 0 Å². The predicted molar refractivity (Wildman–Crippen MR) is 71.0 cm³/mol. The van der Waals surface area contributed by atoms with Gasteiger partial charge < -0.3 is 10.9 Å². The van der Waals surface area contributed by atoms with E-state index in [0.717, 1.165) is 36.8 Å². The molecule has 7 heteroatoms. The number of nitrogens with zero attached hydrogens (tertiary/aromatic N) is 3. The molecule has 0 aliphatic rings. The third-order valence-corrected chi connectivity index (χ3v) is 3.49. The van der Waals surface area contributed by atoms with Crippen LogP contribution in [0.1, 0.15) is 44.9 Å². The molecule has 18 heavy (non-hydrogen) atoms. The lowest BCUT2D eigenvalue weighted by Gasteiger charge is -2.02. The van der Waals surface area contributed by atoms with Crippen molar-refractivity contribution in [1.82, 2.24) is 14.9 Å². The molecule has 0 atom stereocenters. The molecule has 0 saturated carbocycles. The van der Waals surface area contributed by atoms with Gasteiger partial charge in [0.15, 0.2) is 5.82 Å². The van der Waals surface area contributed by atoms with Crippen LogP contribution in [0, 0.1) is 0 Å². The molecule has 0 amide bonds. The van der Waals surface area contributed by atoms with E-state index in [2.05, 4.69) is 17.1 Å². The normalized spacial score (nSPS) is 10.7. The summed E-state index contributed by atoms with van der Waals surface area (Å²) in [6.07, 6.45) is 6.71. The molecule has 0 fully saturated rings. The fourth-order valence-corrected chi connectivity index (χ4v) is 2.18. The molecule has 1 aromatic rings. The van der Waals surface area contributed by atoms with E-state index in [4.69, 9.17) is 10.9 Å². The third-order valence-electron chi connectivity index (χ3n) is 2.56. The zero-order valence-corrected chi connectivity index (χ0v) is 11.4. The standard InChI is InChI=1S/C11H20N4O2S/c1-2-3-4-5-6-7-9-13-14-11(15(9)12)18-8-10(16)17/h2-8,12H2,1H3,(H,16,17). The van der Waals surface area contributed by atoms with Gasteiger partial charge in [-0.2, -0.15) is 0 Å². The van der Waals surface area contributed by atoms with Crippen molar-refractivity contribution in [3.63, 3.8) is 0 Å². The van der Waals surface area contributed by atoms with Crippen LogP contribution in [0.3, 0.4) is 0 Å². The molecule has 0 aromatic carbocycles. The average Bonchev–Trinajstić information content (AvgIpc) is 2.68. The minimum Gasteiger partial charge on any atom is -0.481 e. The first-order chi connectivity index (χ1) is 8.65. The summed E-state index contributed by atoms with van der Waals surface area (Å²) < 4.78 is 1.40. The molecule has 102 valence electrons. The summed E-state index contributed by atoms with van der Waals surface area (Å²) in [5, 5.41) is 16.9. The topological polar surface area (TPSA) is 94.0 Å². The molecule has 0 aliphatic carbocycles. The lowest BCUT2D eigenvalue weighted by molar-refractivity contribution is -0.133. The Morgan fingerprint density at radius 1 is 1.33 bits per heavy atom. The van der Waals surface area contributed by atoms with Crippen molar-refractivity contribution < 1.29 is 9.90 Å². The minimum absolute atomic E-state index is 0.0498. The van der Waals surface area contributed by atoms with Crippen LogP contribution in [0.4, 0.5) is 0 Å². The van der Waals surface area contributed by atoms with Crippen LogP contribution in [0.15, 0.2) is 5.16 Å². The Morgan fingerprint density at radius 3 is 2.72 bits per heavy atom. The number of carboxylic acids is 1. The van der Waals surface area contributed by atoms with E-state index in [1.54, 1.807) is 0 Å². The number of hydrogen-bond donors (Lipinski definition) is 2. The maximum atomic E-state index is 10.4. The van der Waals surface area contributed by atoms with Crippen LogP contribution >= 0.6 is 11.8 Å². The summed E-state index contributed by atoms with van der Waals surface area (Å²) >= 11 is 1.09. The Labute approximate surface area is 111 Å². The van der Waals surface area contributed by atoms with Gasteiger partial charge in [0.05, 0.1) is 5.75 Å². The Balaban J connectivity index is 2.35. The summed E-state index contributed by atoms with van der Waals surface area (Å²) in [5.74, 6) is 5.60. The van der Waals surface area contributed by atoms with Gasteiger partial charge in [0.2, 0.25) is 5.16 Å². The molecule has 0 spiro atoms. The highest BCUT2D eigenvalue weighted by atomic mass is 32.2. The monoisotopic (exact) mass is 272 g/mol. The number of aliphatic carboxylic acids is 1.